The van der Waals surface area contributed by atoms with Crippen LogP contribution in [0.5, 0.6) is 5.75 Å². The maximum Gasteiger partial charge on any atom is 0.222 e. The van der Waals surface area contributed by atoms with Gasteiger partial charge < -0.3 is 10.1 Å². The minimum atomic E-state index is -0.414. The molecular weight excluding hydrogens is 332 g/mol. The number of anilines is 1. The Labute approximate surface area is 132 Å². The summed E-state index contributed by atoms with van der Waals surface area (Å²) in [6.07, 6.45) is 3.62. The monoisotopic (exact) mass is 346 g/mol. The third-order valence-electron chi connectivity index (χ3n) is 2.76. The van der Waals surface area contributed by atoms with Gasteiger partial charge in [0.25, 0.3) is 0 Å². The van der Waals surface area contributed by atoms with Crippen LogP contribution in [0.2, 0.25) is 0 Å². The predicted molar refractivity (Wildman–Crippen MR) is 83.8 cm³/mol. The number of halogens is 1. The Hall–Kier alpha value is -2.13. The Bertz CT molecular complexity index is 624. The first-order valence-corrected chi connectivity index (χ1v) is 7.37. The Balaban J connectivity index is 1.97. The van der Waals surface area contributed by atoms with E-state index in [4.69, 9.17) is 10.00 Å². The lowest BCUT2D eigenvalue weighted by Gasteiger charge is -2.11. The fourth-order valence-electron chi connectivity index (χ4n) is 1.68. The van der Waals surface area contributed by atoms with Crippen LogP contribution in [0.25, 0.3) is 0 Å². The number of ether oxygens (including phenoxy) is 1. The lowest BCUT2D eigenvalue weighted by atomic mass is 10.2. The van der Waals surface area contributed by atoms with Crippen LogP contribution in [0.3, 0.4) is 0 Å². The standard InChI is InChI=1S/C15H15BrN4O/c1-2-13(7-17)21-14-5-3-4-11(6-14)8-18-15-19-9-12(16)10-20-15/h3-6,9-10,13H,2,8H2,1H3,(H,18,19,20). The van der Waals surface area contributed by atoms with E-state index >= 15 is 0 Å². The van der Waals surface area contributed by atoms with Crippen molar-refractivity contribution in [2.75, 3.05) is 5.32 Å². The van der Waals surface area contributed by atoms with Crippen molar-refractivity contribution in [3.05, 3.63) is 46.7 Å². The summed E-state index contributed by atoms with van der Waals surface area (Å²) in [6, 6.07) is 9.76. The molecule has 5 nitrogen and oxygen atoms in total. The van der Waals surface area contributed by atoms with Gasteiger partial charge in [0.2, 0.25) is 5.95 Å². The zero-order chi connectivity index (χ0) is 15.1. The Kier molecular flexibility index (Phi) is 5.52. The lowest BCUT2D eigenvalue weighted by molar-refractivity contribution is 0.251. The average molecular weight is 347 g/mol. The molecule has 0 saturated carbocycles. The van der Waals surface area contributed by atoms with E-state index in [1.54, 1.807) is 12.4 Å². The number of hydrogen-bond acceptors (Lipinski definition) is 5. The van der Waals surface area contributed by atoms with Gasteiger partial charge in [-0.2, -0.15) is 5.26 Å². The summed E-state index contributed by atoms with van der Waals surface area (Å²) < 4.78 is 6.43. The van der Waals surface area contributed by atoms with Gasteiger partial charge in [0.05, 0.1) is 4.47 Å². The maximum atomic E-state index is 8.92. The molecule has 1 N–H and O–H groups in total. The van der Waals surface area contributed by atoms with Gasteiger partial charge in [-0.1, -0.05) is 19.1 Å². The second kappa shape index (κ2) is 7.60. The summed E-state index contributed by atoms with van der Waals surface area (Å²) in [4.78, 5) is 8.29. The lowest BCUT2D eigenvalue weighted by Crippen LogP contribution is -2.12. The molecule has 1 aromatic carbocycles. The SMILES string of the molecule is CCC(C#N)Oc1cccc(CNc2ncc(Br)cn2)c1. The second-order valence-electron chi connectivity index (χ2n) is 4.37. The molecule has 0 amide bonds. The smallest absolute Gasteiger partial charge is 0.222 e. The van der Waals surface area contributed by atoms with Gasteiger partial charge in [-0.3, -0.25) is 0 Å². The van der Waals surface area contributed by atoms with Crippen molar-refractivity contribution in [1.29, 1.82) is 5.26 Å². The van der Waals surface area contributed by atoms with E-state index in [0.29, 0.717) is 24.7 Å². The van der Waals surface area contributed by atoms with Crippen LogP contribution in [0.15, 0.2) is 41.1 Å². The molecule has 0 aliphatic carbocycles. The van der Waals surface area contributed by atoms with Crippen LogP contribution < -0.4 is 10.1 Å². The minimum absolute atomic E-state index is 0.414. The fraction of sp³-hybridized carbons (Fsp3) is 0.267. The molecule has 1 atom stereocenters. The van der Waals surface area contributed by atoms with Crippen molar-refractivity contribution in [1.82, 2.24) is 9.97 Å². The molecule has 0 fully saturated rings. The minimum Gasteiger partial charge on any atom is -0.476 e. The summed E-state index contributed by atoms with van der Waals surface area (Å²) >= 11 is 3.29. The highest BCUT2D eigenvalue weighted by Crippen LogP contribution is 2.16. The molecule has 0 bridgehead atoms. The summed E-state index contributed by atoms with van der Waals surface area (Å²) in [5, 5.41) is 12.1. The number of hydrogen-bond donors (Lipinski definition) is 1. The molecule has 0 aliphatic rings. The summed E-state index contributed by atoms with van der Waals surface area (Å²) in [5.74, 6) is 1.26. The molecule has 1 heterocycles. The van der Waals surface area contributed by atoms with Crippen LogP contribution in [0.4, 0.5) is 5.95 Å². The molecule has 0 radical (unpaired) electrons. The fourth-order valence-corrected chi connectivity index (χ4v) is 1.88. The van der Waals surface area contributed by atoms with E-state index in [1.165, 1.54) is 0 Å². The number of benzene rings is 1. The summed E-state index contributed by atoms with van der Waals surface area (Å²) in [5.41, 5.74) is 1.03. The highest BCUT2D eigenvalue weighted by Gasteiger charge is 2.06. The van der Waals surface area contributed by atoms with Crippen molar-refractivity contribution < 1.29 is 4.74 Å². The van der Waals surface area contributed by atoms with Crippen LogP contribution in [0.1, 0.15) is 18.9 Å². The van der Waals surface area contributed by atoms with Crippen molar-refractivity contribution in [3.63, 3.8) is 0 Å². The van der Waals surface area contributed by atoms with Gasteiger partial charge in [-0.05, 0) is 40.0 Å². The van der Waals surface area contributed by atoms with E-state index in [9.17, 15) is 0 Å². The van der Waals surface area contributed by atoms with E-state index in [0.717, 1.165) is 10.0 Å². The molecule has 108 valence electrons. The first kappa shape index (κ1) is 15.3. The molecule has 1 aromatic heterocycles. The van der Waals surface area contributed by atoms with Crippen molar-refractivity contribution in [3.8, 4) is 11.8 Å². The van der Waals surface area contributed by atoms with E-state index < -0.39 is 6.10 Å². The van der Waals surface area contributed by atoms with Crippen molar-refractivity contribution in [2.45, 2.75) is 26.0 Å². The van der Waals surface area contributed by atoms with E-state index in [1.807, 2.05) is 31.2 Å². The molecule has 21 heavy (non-hydrogen) atoms. The summed E-state index contributed by atoms with van der Waals surface area (Å²) in [6.45, 7) is 2.51. The van der Waals surface area contributed by atoms with Crippen LogP contribution in [-0.4, -0.2) is 16.1 Å². The number of nitriles is 1. The molecule has 0 aliphatic heterocycles. The van der Waals surface area contributed by atoms with E-state index in [-0.39, 0.29) is 0 Å². The zero-order valence-corrected chi connectivity index (χ0v) is 13.2. The van der Waals surface area contributed by atoms with Crippen LogP contribution in [0, 0.1) is 11.3 Å². The Morgan fingerprint density at radius 1 is 1.38 bits per heavy atom. The highest BCUT2D eigenvalue weighted by molar-refractivity contribution is 9.10. The highest BCUT2D eigenvalue weighted by atomic mass is 79.9. The largest absolute Gasteiger partial charge is 0.476 e. The molecule has 1 unspecified atom stereocenters. The Morgan fingerprint density at radius 2 is 2.14 bits per heavy atom. The van der Waals surface area contributed by atoms with Gasteiger partial charge >= 0.3 is 0 Å². The van der Waals surface area contributed by atoms with Gasteiger partial charge in [0.1, 0.15) is 11.8 Å². The van der Waals surface area contributed by atoms with Crippen LogP contribution >= 0.6 is 15.9 Å². The molecular formula is C15H15BrN4O. The number of rotatable bonds is 6. The molecule has 6 heteroatoms. The first-order chi connectivity index (χ1) is 10.2. The van der Waals surface area contributed by atoms with Gasteiger partial charge in [-0.15, -0.1) is 0 Å². The average Bonchev–Trinajstić information content (AvgIpc) is 2.52. The third kappa shape index (κ3) is 4.72. The molecule has 2 aromatic rings. The van der Waals surface area contributed by atoms with Gasteiger partial charge in [-0.25, -0.2) is 9.97 Å². The maximum absolute atomic E-state index is 8.92. The quantitative estimate of drug-likeness (QED) is 0.866. The van der Waals surface area contributed by atoms with Crippen molar-refractivity contribution >= 4 is 21.9 Å². The van der Waals surface area contributed by atoms with Gasteiger partial charge in [0.15, 0.2) is 6.10 Å². The molecule has 0 saturated heterocycles. The number of nitrogens with one attached hydrogen (secondary N) is 1. The normalized spacial score (nSPS) is 11.5. The van der Waals surface area contributed by atoms with Crippen LogP contribution in [-0.2, 0) is 6.54 Å². The number of aromatic nitrogens is 2. The number of nitrogens with zero attached hydrogens (tertiary/aromatic N) is 3. The third-order valence-corrected chi connectivity index (χ3v) is 3.17. The topological polar surface area (TPSA) is 70.8 Å². The zero-order valence-electron chi connectivity index (χ0n) is 11.6. The molecule has 0 spiro atoms. The predicted octanol–water partition coefficient (Wildman–Crippen LogP) is 3.53. The second-order valence-corrected chi connectivity index (χ2v) is 5.29. The molecule has 2 rings (SSSR count). The van der Waals surface area contributed by atoms with Crippen molar-refractivity contribution in [2.24, 2.45) is 0 Å². The first-order valence-electron chi connectivity index (χ1n) is 6.58. The van der Waals surface area contributed by atoms with E-state index in [2.05, 4.69) is 37.3 Å². The van der Waals surface area contributed by atoms with Gasteiger partial charge in [0, 0.05) is 18.9 Å². The summed E-state index contributed by atoms with van der Waals surface area (Å²) in [7, 11) is 0. The Morgan fingerprint density at radius 3 is 2.81 bits per heavy atom.